The lowest BCUT2D eigenvalue weighted by atomic mass is 10.0. The van der Waals surface area contributed by atoms with E-state index in [1.165, 1.54) is 6.92 Å². The van der Waals surface area contributed by atoms with Crippen LogP contribution in [0, 0.1) is 34.1 Å². The van der Waals surface area contributed by atoms with E-state index >= 15 is 0 Å². The van der Waals surface area contributed by atoms with E-state index in [-0.39, 0.29) is 17.2 Å². The Morgan fingerprint density at radius 1 is 1.08 bits per heavy atom. The Kier molecular flexibility index (Phi) is 5.11. The number of hydrogen-bond acceptors (Lipinski definition) is 5. The Labute approximate surface area is 143 Å². The number of aryl methyl sites for hydroxylation is 1. The summed E-state index contributed by atoms with van der Waals surface area (Å²) in [5.74, 6) is -0.597. The van der Waals surface area contributed by atoms with Crippen LogP contribution >= 0.6 is 0 Å². The summed E-state index contributed by atoms with van der Waals surface area (Å²) in [6.45, 7) is 5.08. The minimum atomic E-state index is -0.756. The molecule has 8 heteroatoms. The smallest absolute Gasteiger partial charge is 0.279 e. The molecule has 0 aliphatic rings. The molecule has 1 atom stereocenters. The molecule has 0 aliphatic heterocycles. The van der Waals surface area contributed by atoms with Crippen molar-refractivity contribution in [3.05, 3.63) is 78.9 Å². The predicted molar refractivity (Wildman–Crippen MR) is 91.5 cm³/mol. The fraction of sp³-hybridized carbons (Fsp3) is 0.235. The second kappa shape index (κ2) is 7.08. The molecule has 0 bridgehead atoms. The number of nitro groups is 2. The maximum Gasteiger partial charge on any atom is 0.279 e. The molecule has 1 N–H and O–H groups in total. The molecule has 2 rings (SSSR count). The lowest BCUT2D eigenvalue weighted by Crippen LogP contribution is -2.28. The number of nitro benzene ring substituents is 2. The molecular weight excluding hydrogens is 326 g/mol. The summed E-state index contributed by atoms with van der Waals surface area (Å²) in [5, 5.41) is 24.9. The van der Waals surface area contributed by atoms with E-state index in [0.29, 0.717) is 0 Å². The first-order chi connectivity index (χ1) is 11.7. The van der Waals surface area contributed by atoms with Crippen LogP contribution in [-0.4, -0.2) is 15.8 Å². The second-order valence-corrected chi connectivity index (χ2v) is 5.70. The third kappa shape index (κ3) is 3.79. The van der Waals surface area contributed by atoms with Gasteiger partial charge in [-0.25, -0.2) is 0 Å². The van der Waals surface area contributed by atoms with Crippen molar-refractivity contribution < 1.29 is 14.6 Å². The van der Waals surface area contributed by atoms with Gasteiger partial charge in [-0.3, -0.25) is 25.0 Å². The van der Waals surface area contributed by atoms with Gasteiger partial charge in [-0.2, -0.15) is 0 Å². The second-order valence-electron chi connectivity index (χ2n) is 5.70. The Balaban J connectivity index is 2.40. The Hall–Kier alpha value is -3.29. The fourth-order valence-electron chi connectivity index (χ4n) is 2.64. The zero-order valence-electron chi connectivity index (χ0n) is 14.0. The topological polar surface area (TPSA) is 115 Å². The van der Waals surface area contributed by atoms with Gasteiger partial charge < -0.3 is 5.32 Å². The molecule has 1 amide bonds. The molecule has 2 aromatic rings. The van der Waals surface area contributed by atoms with Crippen LogP contribution in [0.15, 0.2) is 36.4 Å². The lowest BCUT2D eigenvalue weighted by Gasteiger charge is -2.17. The van der Waals surface area contributed by atoms with E-state index in [9.17, 15) is 25.0 Å². The van der Waals surface area contributed by atoms with Crippen LogP contribution < -0.4 is 5.32 Å². The first-order valence-corrected chi connectivity index (χ1v) is 7.52. The zero-order chi connectivity index (χ0) is 18.7. The van der Waals surface area contributed by atoms with E-state index in [4.69, 9.17) is 0 Å². The van der Waals surface area contributed by atoms with Crippen LogP contribution in [0.3, 0.4) is 0 Å². The number of non-ortho nitro benzene ring substituents is 1. The SMILES string of the molecule is Cc1ccccc1C(C)NC(=O)c1cc([N+](=O)[O-])cc([N+](=O)[O-])c1C. The van der Waals surface area contributed by atoms with Crippen LogP contribution in [0.2, 0.25) is 0 Å². The Morgan fingerprint density at radius 2 is 1.72 bits per heavy atom. The molecule has 8 nitrogen and oxygen atoms in total. The number of amides is 1. The molecule has 0 aliphatic carbocycles. The van der Waals surface area contributed by atoms with Gasteiger partial charge in [0.1, 0.15) is 0 Å². The van der Waals surface area contributed by atoms with Crippen molar-refractivity contribution in [2.24, 2.45) is 0 Å². The monoisotopic (exact) mass is 343 g/mol. The van der Waals surface area contributed by atoms with Gasteiger partial charge in [0.05, 0.1) is 27.5 Å². The van der Waals surface area contributed by atoms with Crippen LogP contribution in [-0.2, 0) is 0 Å². The third-order valence-corrected chi connectivity index (χ3v) is 4.02. The van der Waals surface area contributed by atoms with Crippen molar-refractivity contribution in [2.75, 3.05) is 0 Å². The molecule has 1 unspecified atom stereocenters. The van der Waals surface area contributed by atoms with Crippen molar-refractivity contribution in [2.45, 2.75) is 26.8 Å². The van der Waals surface area contributed by atoms with Crippen molar-refractivity contribution in [3.8, 4) is 0 Å². The van der Waals surface area contributed by atoms with Crippen LogP contribution in [0.1, 0.15) is 40.0 Å². The maximum atomic E-state index is 12.6. The number of hydrogen-bond donors (Lipinski definition) is 1. The van der Waals surface area contributed by atoms with Crippen molar-refractivity contribution in [1.29, 1.82) is 0 Å². The summed E-state index contributed by atoms with van der Waals surface area (Å²) >= 11 is 0. The van der Waals surface area contributed by atoms with Gasteiger partial charge in [0.2, 0.25) is 0 Å². The molecule has 0 heterocycles. The van der Waals surface area contributed by atoms with E-state index in [2.05, 4.69) is 5.32 Å². The number of nitrogens with zero attached hydrogens (tertiary/aromatic N) is 2. The molecule has 130 valence electrons. The summed E-state index contributed by atoms with van der Waals surface area (Å²) < 4.78 is 0. The average molecular weight is 343 g/mol. The highest BCUT2D eigenvalue weighted by molar-refractivity contribution is 5.97. The van der Waals surface area contributed by atoms with E-state index in [1.807, 2.05) is 31.2 Å². The van der Waals surface area contributed by atoms with Gasteiger partial charge in [0.15, 0.2) is 0 Å². The highest BCUT2D eigenvalue weighted by Crippen LogP contribution is 2.28. The van der Waals surface area contributed by atoms with E-state index in [1.54, 1.807) is 6.92 Å². The van der Waals surface area contributed by atoms with Crippen molar-refractivity contribution in [3.63, 3.8) is 0 Å². The number of benzene rings is 2. The Morgan fingerprint density at radius 3 is 2.28 bits per heavy atom. The van der Waals surface area contributed by atoms with E-state index < -0.39 is 27.1 Å². The standard InChI is InChI=1S/C17H17N3O5/c1-10-6-4-5-7-14(10)12(3)18-17(21)15-8-13(19(22)23)9-16(11(15)2)20(24)25/h4-9,12H,1-3H3,(H,18,21). The molecular formula is C17H17N3O5. The Bertz CT molecular complexity index is 863. The summed E-state index contributed by atoms with van der Waals surface area (Å²) in [6.07, 6.45) is 0. The van der Waals surface area contributed by atoms with Crippen LogP contribution in [0.25, 0.3) is 0 Å². The molecule has 25 heavy (non-hydrogen) atoms. The number of carbonyl (C=O) groups is 1. The largest absolute Gasteiger partial charge is 0.345 e. The van der Waals surface area contributed by atoms with Gasteiger partial charge in [-0.15, -0.1) is 0 Å². The van der Waals surface area contributed by atoms with Crippen molar-refractivity contribution >= 4 is 17.3 Å². The number of carbonyl (C=O) groups excluding carboxylic acids is 1. The quantitative estimate of drug-likeness (QED) is 0.657. The van der Waals surface area contributed by atoms with Gasteiger partial charge in [-0.1, -0.05) is 24.3 Å². The number of nitrogens with one attached hydrogen (secondary N) is 1. The molecule has 2 aromatic carbocycles. The highest BCUT2D eigenvalue weighted by atomic mass is 16.6. The summed E-state index contributed by atoms with van der Waals surface area (Å²) in [5.41, 5.74) is 0.936. The number of rotatable bonds is 5. The first kappa shape index (κ1) is 18.1. The minimum Gasteiger partial charge on any atom is -0.345 e. The summed E-state index contributed by atoms with van der Waals surface area (Å²) in [6, 6.07) is 9.05. The summed E-state index contributed by atoms with van der Waals surface area (Å²) in [4.78, 5) is 33.2. The lowest BCUT2D eigenvalue weighted by molar-refractivity contribution is -0.394. The van der Waals surface area contributed by atoms with Gasteiger partial charge in [-0.05, 0) is 31.9 Å². The molecule has 0 radical (unpaired) electrons. The third-order valence-electron chi connectivity index (χ3n) is 4.02. The molecule has 0 saturated heterocycles. The molecule has 0 aromatic heterocycles. The average Bonchev–Trinajstić information content (AvgIpc) is 2.54. The minimum absolute atomic E-state index is 0.0821. The highest BCUT2D eigenvalue weighted by Gasteiger charge is 2.25. The van der Waals surface area contributed by atoms with Gasteiger partial charge in [0, 0.05) is 11.6 Å². The maximum absolute atomic E-state index is 12.6. The van der Waals surface area contributed by atoms with Crippen LogP contribution in [0.4, 0.5) is 11.4 Å². The van der Waals surface area contributed by atoms with Gasteiger partial charge >= 0.3 is 0 Å². The molecule has 0 spiro atoms. The predicted octanol–water partition coefficient (Wildman–Crippen LogP) is 3.61. The van der Waals surface area contributed by atoms with Crippen LogP contribution in [0.5, 0.6) is 0 Å². The first-order valence-electron chi connectivity index (χ1n) is 7.52. The summed E-state index contributed by atoms with van der Waals surface area (Å²) in [7, 11) is 0. The van der Waals surface area contributed by atoms with Crippen molar-refractivity contribution in [1.82, 2.24) is 5.32 Å². The normalized spacial score (nSPS) is 11.6. The molecule has 0 fully saturated rings. The zero-order valence-corrected chi connectivity index (χ0v) is 14.0. The fourth-order valence-corrected chi connectivity index (χ4v) is 2.64. The van der Waals surface area contributed by atoms with Gasteiger partial charge in [0.25, 0.3) is 17.3 Å². The van der Waals surface area contributed by atoms with E-state index in [0.717, 1.165) is 23.3 Å². The molecule has 0 saturated carbocycles.